The minimum absolute atomic E-state index is 0.00470. The average Bonchev–Trinajstić information content (AvgIpc) is 2.56. The maximum absolute atomic E-state index is 12.5. The van der Waals surface area contributed by atoms with Crippen molar-refractivity contribution in [1.82, 2.24) is 9.62 Å². The van der Waals surface area contributed by atoms with Gasteiger partial charge in [-0.15, -0.1) is 0 Å². The lowest BCUT2D eigenvalue weighted by Crippen LogP contribution is -2.92. The Labute approximate surface area is 145 Å². The van der Waals surface area contributed by atoms with Crippen LogP contribution in [0.1, 0.15) is 46.2 Å². The molecule has 0 saturated heterocycles. The maximum atomic E-state index is 12.5. The number of quaternary nitrogens is 1. The SMILES string of the molecule is CCNC(=O)[C@@H](C)[NH2+][C@H](C)c1ccc(S(=O)(=O)N(CC)CC)cc1. The van der Waals surface area contributed by atoms with E-state index >= 15 is 0 Å². The standard InChI is InChI=1S/C17H29N3O3S/c1-6-18-17(21)14(5)19-13(4)15-9-11-16(12-10-15)24(22,23)20(7-2)8-3/h9-14,19H,6-8H2,1-5H3,(H,18,21)/p+1/t13-,14-/m1/s1. The third kappa shape index (κ3) is 5.03. The second kappa shape index (κ2) is 9.15. The number of nitrogens with one attached hydrogen (secondary N) is 1. The van der Waals surface area contributed by atoms with Crippen molar-refractivity contribution < 1.29 is 18.5 Å². The first-order valence-corrected chi connectivity index (χ1v) is 9.94. The van der Waals surface area contributed by atoms with Crippen LogP contribution in [-0.4, -0.2) is 44.3 Å². The van der Waals surface area contributed by atoms with Gasteiger partial charge in [0.25, 0.3) is 5.91 Å². The van der Waals surface area contributed by atoms with Gasteiger partial charge in [0.15, 0.2) is 6.04 Å². The highest BCUT2D eigenvalue weighted by atomic mass is 32.2. The molecule has 24 heavy (non-hydrogen) atoms. The largest absolute Gasteiger partial charge is 0.351 e. The Morgan fingerprint density at radius 1 is 1.12 bits per heavy atom. The number of benzene rings is 1. The number of rotatable bonds is 9. The highest BCUT2D eigenvalue weighted by Gasteiger charge is 2.23. The van der Waals surface area contributed by atoms with Crippen molar-refractivity contribution >= 4 is 15.9 Å². The van der Waals surface area contributed by atoms with Crippen LogP contribution in [0.4, 0.5) is 0 Å². The van der Waals surface area contributed by atoms with Gasteiger partial charge in [0.1, 0.15) is 6.04 Å². The molecule has 0 saturated carbocycles. The molecule has 2 atom stereocenters. The van der Waals surface area contributed by atoms with Crippen molar-refractivity contribution in [3.8, 4) is 0 Å². The Morgan fingerprint density at radius 3 is 2.12 bits per heavy atom. The van der Waals surface area contributed by atoms with E-state index in [9.17, 15) is 13.2 Å². The lowest BCUT2D eigenvalue weighted by atomic mass is 10.1. The van der Waals surface area contributed by atoms with E-state index in [0.717, 1.165) is 5.56 Å². The molecule has 0 spiro atoms. The smallest absolute Gasteiger partial charge is 0.277 e. The number of nitrogens with zero attached hydrogens (tertiary/aromatic N) is 1. The van der Waals surface area contributed by atoms with Crippen LogP contribution in [0.3, 0.4) is 0 Å². The molecule has 0 heterocycles. The Kier molecular flexibility index (Phi) is 7.86. The highest BCUT2D eigenvalue weighted by molar-refractivity contribution is 7.89. The normalized spacial score (nSPS) is 14.4. The van der Waals surface area contributed by atoms with E-state index < -0.39 is 10.0 Å². The van der Waals surface area contributed by atoms with E-state index in [1.165, 1.54) is 4.31 Å². The Bertz CT molecular complexity index is 625. The van der Waals surface area contributed by atoms with Crippen LogP contribution < -0.4 is 10.6 Å². The van der Waals surface area contributed by atoms with Gasteiger partial charge in [0.2, 0.25) is 10.0 Å². The predicted octanol–water partition coefficient (Wildman–Crippen LogP) is 0.866. The minimum atomic E-state index is -3.43. The fourth-order valence-corrected chi connectivity index (χ4v) is 4.08. The van der Waals surface area contributed by atoms with Crippen LogP contribution in [-0.2, 0) is 14.8 Å². The Balaban J connectivity index is 2.85. The fourth-order valence-electron chi connectivity index (χ4n) is 2.62. The molecule has 1 amide bonds. The number of hydrogen-bond acceptors (Lipinski definition) is 3. The van der Waals surface area contributed by atoms with Crippen molar-refractivity contribution in [3.05, 3.63) is 29.8 Å². The average molecular weight is 357 g/mol. The molecular weight excluding hydrogens is 326 g/mol. The molecule has 1 aromatic rings. The molecule has 0 aliphatic carbocycles. The molecule has 1 aromatic carbocycles. The van der Waals surface area contributed by atoms with Gasteiger partial charge in [-0.2, -0.15) is 4.31 Å². The summed E-state index contributed by atoms with van der Waals surface area (Å²) in [4.78, 5) is 12.1. The third-order valence-corrected chi connectivity index (χ3v) is 6.16. The number of likely N-dealkylation sites (N-methyl/N-ethyl adjacent to an activating group) is 1. The van der Waals surface area contributed by atoms with E-state index in [1.807, 2.05) is 52.1 Å². The van der Waals surface area contributed by atoms with Crippen LogP contribution in [0, 0.1) is 0 Å². The van der Waals surface area contributed by atoms with Crippen LogP contribution in [0.5, 0.6) is 0 Å². The zero-order valence-electron chi connectivity index (χ0n) is 15.2. The van der Waals surface area contributed by atoms with E-state index in [-0.39, 0.29) is 18.0 Å². The molecule has 1 rings (SSSR count). The van der Waals surface area contributed by atoms with Gasteiger partial charge < -0.3 is 10.6 Å². The molecule has 0 fully saturated rings. The number of amides is 1. The van der Waals surface area contributed by atoms with E-state index in [0.29, 0.717) is 24.5 Å². The number of nitrogens with two attached hydrogens (primary N) is 1. The third-order valence-electron chi connectivity index (χ3n) is 4.09. The van der Waals surface area contributed by atoms with Gasteiger partial charge in [0.05, 0.1) is 4.90 Å². The van der Waals surface area contributed by atoms with Gasteiger partial charge >= 0.3 is 0 Å². The van der Waals surface area contributed by atoms with Gasteiger partial charge in [-0.3, -0.25) is 4.79 Å². The number of sulfonamides is 1. The zero-order valence-corrected chi connectivity index (χ0v) is 16.1. The first kappa shape index (κ1) is 20.6. The molecule has 0 bridgehead atoms. The van der Waals surface area contributed by atoms with Crippen LogP contribution >= 0.6 is 0 Å². The molecule has 0 aliphatic rings. The number of carbonyl (C=O) groups excluding carboxylic acids is 1. The topological polar surface area (TPSA) is 83.1 Å². The summed E-state index contributed by atoms with van der Waals surface area (Å²) in [7, 11) is -3.43. The maximum Gasteiger partial charge on any atom is 0.277 e. The van der Waals surface area contributed by atoms with Gasteiger partial charge in [0, 0.05) is 25.2 Å². The summed E-state index contributed by atoms with van der Waals surface area (Å²) in [6.45, 7) is 10.9. The second-order valence-electron chi connectivity index (χ2n) is 5.82. The molecule has 3 N–H and O–H groups in total. The number of carbonyl (C=O) groups is 1. The molecular formula is C17H30N3O3S+. The summed E-state index contributed by atoms with van der Waals surface area (Å²) in [6.07, 6.45) is 0. The van der Waals surface area contributed by atoms with Crippen LogP contribution in [0.2, 0.25) is 0 Å². The van der Waals surface area contributed by atoms with Gasteiger partial charge in [-0.1, -0.05) is 26.0 Å². The highest BCUT2D eigenvalue weighted by Crippen LogP contribution is 2.18. The van der Waals surface area contributed by atoms with Crippen molar-refractivity contribution in [3.63, 3.8) is 0 Å². The summed E-state index contributed by atoms with van der Waals surface area (Å²) < 4.78 is 26.4. The second-order valence-corrected chi connectivity index (χ2v) is 7.76. The summed E-state index contributed by atoms with van der Waals surface area (Å²) in [6, 6.07) is 6.80. The lowest BCUT2D eigenvalue weighted by Gasteiger charge is -2.19. The summed E-state index contributed by atoms with van der Waals surface area (Å²) in [5, 5.41) is 4.77. The summed E-state index contributed by atoms with van der Waals surface area (Å²) in [5.41, 5.74) is 0.990. The molecule has 6 nitrogen and oxygen atoms in total. The van der Waals surface area contributed by atoms with Crippen molar-refractivity contribution in [2.45, 2.75) is 51.6 Å². The Hall–Kier alpha value is -1.44. The lowest BCUT2D eigenvalue weighted by molar-refractivity contribution is -0.710. The van der Waals surface area contributed by atoms with E-state index in [1.54, 1.807) is 12.1 Å². The quantitative estimate of drug-likeness (QED) is 0.689. The van der Waals surface area contributed by atoms with Crippen molar-refractivity contribution in [2.24, 2.45) is 0 Å². The van der Waals surface area contributed by atoms with Gasteiger partial charge in [-0.05, 0) is 32.9 Å². The molecule has 0 aliphatic heterocycles. The Morgan fingerprint density at radius 2 is 1.67 bits per heavy atom. The molecule has 0 radical (unpaired) electrons. The molecule has 7 heteroatoms. The van der Waals surface area contributed by atoms with E-state index in [2.05, 4.69) is 5.32 Å². The van der Waals surface area contributed by atoms with Crippen LogP contribution in [0.25, 0.3) is 0 Å². The van der Waals surface area contributed by atoms with Crippen molar-refractivity contribution in [2.75, 3.05) is 19.6 Å². The molecule has 0 aromatic heterocycles. The molecule has 0 unspecified atom stereocenters. The monoisotopic (exact) mass is 356 g/mol. The predicted molar refractivity (Wildman–Crippen MR) is 95.0 cm³/mol. The summed E-state index contributed by atoms with van der Waals surface area (Å²) in [5.74, 6) is 0.00470. The van der Waals surface area contributed by atoms with Crippen LogP contribution in [0.15, 0.2) is 29.2 Å². The zero-order chi connectivity index (χ0) is 18.3. The fraction of sp³-hybridized carbons (Fsp3) is 0.588. The van der Waals surface area contributed by atoms with Crippen molar-refractivity contribution in [1.29, 1.82) is 0 Å². The first-order valence-electron chi connectivity index (χ1n) is 8.50. The molecule has 136 valence electrons. The minimum Gasteiger partial charge on any atom is -0.351 e. The first-order chi connectivity index (χ1) is 11.3. The van der Waals surface area contributed by atoms with E-state index in [4.69, 9.17) is 0 Å². The van der Waals surface area contributed by atoms with Gasteiger partial charge in [-0.25, -0.2) is 8.42 Å². The summed E-state index contributed by atoms with van der Waals surface area (Å²) >= 11 is 0. The number of hydrogen-bond donors (Lipinski definition) is 2.